The summed E-state index contributed by atoms with van der Waals surface area (Å²) in [5, 5.41) is 11.5. The first-order chi connectivity index (χ1) is 9.08. The summed E-state index contributed by atoms with van der Waals surface area (Å²) in [7, 11) is 0. The number of imidazole rings is 1. The summed E-state index contributed by atoms with van der Waals surface area (Å²) in [6.45, 7) is 0. The first-order valence-electron chi connectivity index (χ1n) is 5.36. The molecule has 0 aliphatic rings. The number of carboxylic acid groups (broad SMARTS) is 1. The first-order valence-corrected chi connectivity index (χ1v) is 5.74. The normalized spacial score (nSPS) is 10.2. The number of aliphatic carboxylic acids is 1. The van der Waals surface area contributed by atoms with E-state index in [1.54, 1.807) is 35.2 Å². The summed E-state index contributed by atoms with van der Waals surface area (Å²) in [4.78, 5) is 25.9. The van der Waals surface area contributed by atoms with Gasteiger partial charge in [0.15, 0.2) is 0 Å². The number of amides is 1. The Balaban J connectivity index is 2.33. The van der Waals surface area contributed by atoms with Gasteiger partial charge in [0.2, 0.25) is 5.91 Å². The van der Waals surface area contributed by atoms with Crippen molar-refractivity contribution in [3.63, 3.8) is 0 Å². The number of benzene rings is 1. The summed E-state index contributed by atoms with van der Waals surface area (Å²) >= 11 is 6.09. The topological polar surface area (TPSA) is 84.2 Å². The number of hydrogen-bond donors (Lipinski definition) is 2. The predicted octanol–water partition coefficient (Wildman–Crippen LogP) is 1.94. The molecule has 0 spiro atoms. The van der Waals surface area contributed by atoms with Crippen LogP contribution in [0, 0.1) is 0 Å². The molecule has 0 bridgehead atoms. The van der Waals surface area contributed by atoms with E-state index in [4.69, 9.17) is 16.7 Å². The van der Waals surface area contributed by atoms with Crippen molar-refractivity contribution in [2.45, 2.75) is 6.42 Å². The molecule has 0 saturated carbocycles. The summed E-state index contributed by atoms with van der Waals surface area (Å²) < 4.78 is 1.64. The van der Waals surface area contributed by atoms with E-state index in [-0.39, 0.29) is 0 Å². The minimum absolute atomic E-state index is 0.422. The van der Waals surface area contributed by atoms with Gasteiger partial charge in [0.1, 0.15) is 6.42 Å². The standard InChI is InChI=1S/C12H10ClN3O3/c13-8-2-1-3-9(15-10(17)6-11(18)19)12(8)16-5-4-14-7-16/h1-5,7H,6H2,(H,15,17)(H,18,19). The Hall–Kier alpha value is -2.34. The molecule has 0 saturated heterocycles. The maximum atomic E-state index is 11.5. The molecular formula is C12H10ClN3O3. The summed E-state index contributed by atoms with van der Waals surface area (Å²) in [5.74, 6) is -1.81. The van der Waals surface area contributed by atoms with Crippen LogP contribution >= 0.6 is 11.6 Å². The predicted molar refractivity (Wildman–Crippen MR) is 69.5 cm³/mol. The van der Waals surface area contributed by atoms with Gasteiger partial charge < -0.3 is 15.0 Å². The molecule has 1 amide bonds. The largest absolute Gasteiger partial charge is 0.481 e. The zero-order valence-electron chi connectivity index (χ0n) is 9.71. The fourth-order valence-corrected chi connectivity index (χ4v) is 1.87. The number of halogens is 1. The Morgan fingerprint density at radius 2 is 2.21 bits per heavy atom. The van der Waals surface area contributed by atoms with Crippen LogP contribution in [-0.4, -0.2) is 26.5 Å². The number of nitrogens with zero attached hydrogens (tertiary/aromatic N) is 2. The van der Waals surface area contributed by atoms with E-state index in [2.05, 4.69) is 10.3 Å². The summed E-state index contributed by atoms with van der Waals surface area (Å²) in [6, 6.07) is 4.98. The maximum Gasteiger partial charge on any atom is 0.312 e. The van der Waals surface area contributed by atoms with Crippen LogP contribution in [0.3, 0.4) is 0 Å². The van der Waals surface area contributed by atoms with Crippen LogP contribution in [0.2, 0.25) is 5.02 Å². The van der Waals surface area contributed by atoms with Crippen molar-refractivity contribution in [2.24, 2.45) is 0 Å². The van der Waals surface area contributed by atoms with E-state index < -0.39 is 18.3 Å². The average Bonchev–Trinajstić information content (AvgIpc) is 2.81. The molecule has 1 heterocycles. The van der Waals surface area contributed by atoms with Crippen LogP contribution in [0.4, 0.5) is 5.69 Å². The second-order valence-corrected chi connectivity index (χ2v) is 4.13. The van der Waals surface area contributed by atoms with Gasteiger partial charge in [-0.25, -0.2) is 4.98 Å². The van der Waals surface area contributed by atoms with E-state index in [1.807, 2.05) is 0 Å². The highest BCUT2D eigenvalue weighted by atomic mass is 35.5. The first kappa shape index (κ1) is 13.1. The zero-order valence-corrected chi connectivity index (χ0v) is 10.5. The van der Waals surface area contributed by atoms with Crippen molar-refractivity contribution in [3.8, 4) is 5.69 Å². The second kappa shape index (κ2) is 5.53. The average molecular weight is 280 g/mol. The van der Waals surface area contributed by atoms with E-state index in [1.165, 1.54) is 6.33 Å². The molecule has 6 nitrogen and oxygen atoms in total. The van der Waals surface area contributed by atoms with Gasteiger partial charge in [-0.2, -0.15) is 0 Å². The molecule has 2 aromatic rings. The lowest BCUT2D eigenvalue weighted by Gasteiger charge is -2.12. The van der Waals surface area contributed by atoms with Crippen LogP contribution in [0.25, 0.3) is 5.69 Å². The molecule has 1 aromatic heterocycles. The number of carbonyl (C=O) groups is 2. The van der Waals surface area contributed by atoms with Gasteiger partial charge in [-0.1, -0.05) is 17.7 Å². The molecule has 0 radical (unpaired) electrons. The number of carboxylic acids is 1. The minimum atomic E-state index is -1.19. The molecule has 98 valence electrons. The Kier molecular flexibility index (Phi) is 3.82. The van der Waals surface area contributed by atoms with Crippen LogP contribution in [-0.2, 0) is 9.59 Å². The molecule has 0 atom stereocenters. The quantitative estimate of drug-likeness (QED) is 0.838. The Morgan fingerprint density at radius 1 is 1.42 bits per heavy atom. The molecule has 2 N–H and O–H groups in total. The van der Waals surface area contributed by atoms with E-state index in [9.17, 15) is 9.59 Å². The van der Waals surface area contributed by atoms with Crippen molar-refractivity contribution in [1.82, 2.24) is 9.55 Å². The third-order valence-corrected chi connectivity index (χ3v) is 2.64. The lowest BCUT2D eigenvalue weighted by atomic mass is 10.2. The van der Waals surface area contributed by atoms with Crippen molar-refractivity contribution < 1.29 is 14.7 Å². The molecule has 0 unspecified atom stereocenters. The highest BCUT2D eigenvalue weighted by molar-refractivity contribution is 6.33. The Morgan fingerprint density at radius 3 is 2.84 bits per heavy atom. The van der Waals surface area contributed by atoms with E-state index in [0.29, 0.717) is 16.4 Å². The van der Waals surface area contributed by atoms with Gasteiger partial charge in [0, 0.05) is 12.4 Å². The fraction of sp³-hybridized carbons (Fsp3) is 0.0833. The van der Waals surface area contributed by atoms with Crippen LogP contribution in [0.15, 0.2) is 36.9 Å². The fourth-order valence-electron chi connectivity index (χ4n) is 1.60. The highest BCUT2D eigenvalue weighted by Crippen LogP contribution is 2.28. The SMILES string of the molecule is O=C(O)CC(=O)Nc1cccc(Cl)c1-n1ccnc1. The lowest BCUT2D eigenvalue weighted by Crippen LogP contribution is -2.17. The van der Waals surface area contributed by atoms with Crippen molar-refractivity contribution in [1.29, 1.82) is 0 Å². The number of carbonyl (C=O) groups excluding carboxylic acids is 1. The molecule has 0 aliphatic heterocycles. The molecule has 0 fully saturated rings. The van der Waals surface area contributed by atoms with Crippen LogP contribution in [0.1, 0.15) is 6.42 Å². The zero-order chi connectivity index (χ0) is 13.8. The minimum Gasteiger partial charge on any atom is -0.481 e. The molecule has 19 heavy (non-hydrogen) atoms. The summed E-state index contributed by atoms with van der Waals surface area (Å²) in [5.41, 5.74) is 0.970. The van der Waals surface area contributed by atoms with Gasteiger partial charge in [0.25, 0.3) is 0 Å². The van der Waals surface area contributed by atoms with Crippen LogP contribution in [0.5, 0.6) is 0 Å². The Bertz CT molecular complexity index is 611. The number of rotatable bonds is 4. The summed E-state index contributed by atoms with van der Waals surface area (Å²) in [6.07, 6.45) is 4.18. The monoisotopic (exact) mass is 279 g/mol. The van der Waals surface area contributed by atoms with Gasteiger partial charge >= 0.3 is 5.97 Å². The molecule has 7 heteroatoms. The maximum absolute atomic E-state index is 11.5. The van der Waals surface area contributed by atoms with Gasteiger partial charge in [-0.3, -0.25) is 9.59 Å². The van der Waals surface area contributed by atoms with Gasteiger partial charge in [-0.15, -0.1) is 0 Å². The van der Waals surface area contributed by atoms with Crippen molar-refractivity contribution >= 4 is 29.2 Å². The molecular weight excluding hydrogens is 270 g/mol. The third-order valence-electron chi connectivity index (χ3n) is 2.34. The highest BCUT2D eigenvalue weighted by Gasteiger charge is 2.13. The number of aromatic nitrogens is 2. The van der Waals surface area contributed by atoms with E-state index in [0.717, 1.165) is 0 Å². The van der Waals surface area contributed by atoms with Gasteiger partial charge in [0.05, 0.1) is 22.7 Å². The third kappa shape index (κ3) is 3.11. The van der Waals surface area contributed by atoms with E-state index >= 15 is 0 Å². The number of nitrogens with one attached hydrogen (secondary N) is 1. The van der Waals surface area contributed by atoms with Crippen molar-refractivity contribution in [2.75, 3.05) is 5.32 Å². The number of anilines is 1. The molecule has 0 aliphatic carbocycles. The molecule has 1 aromatic carbocycles. The number of hydrogen-bond acceptors (Lipinski definition) is 3. The number of para-hydroxylation sites is 1. The smallest absolute Gasteiger partial charge is 0.312 e. The Labute approximate surface area is 113 Å². The van der Waals surface area contributed by atoms with Crippen molar-refractivity contribution in [3.05, 3.63) is 41.9 Å². The van der Waals surface area contributed by atoms with Gasteiger partial charge in [-0.05, 0) is 12.1 Å². The lowest BCUT2D eigenvalue weighted by molar-refractivity contribution is -0.139. The van der Waals surface area contributed by atoms with Crippen LogP contribution < -0.4 is 5.32 Å². The molecule has 2 rings (SSSR count). The second-order valence-electron chi connectivity index (χ2n) is 3.72.